The van der Waals surface area contributed by atoms with Crippen molar-refractivity contribution in [1.82, 2.24) is 14.9 Å². The van der Waals surface area contributed by atoms with Gasteiger partial charge < -0.3 is 26.7 Å². The van der Waals surface area contributed by atoms with Gasteiger partial charge >= 0.3 is 0 Å². The van der Waals surface area contributed by atoms with Crippen molar-refractivity contribution >= 4 is 28.1 Å². The van der Waals surface area contributed by atoms with Gasteiger partial charge in [0.05, 0.1) is 29.8 Å². The number of carbonyl (C=O) groups is 2. The monoisotopic (exact) mass is 589 g/mol. The van der Waals surface area contributed by atoms with Crippen LogP contribution in [0.3, 0.4) is 0 Å². The minimum atomic E-state index is -4.03. The average Bonchev–Trinajstić information content (AvgIpc) is 2.95. The summed E-state index contributed by atoms with van der Waals surface area (Å²) >= 11 is 0. The van der Waals surface area contributed by atoms with Crippen LogP contribution < -0.4 is 16.4 Å². The van der Waals surface area contributed by atoms with Crippen molar-refractivity contribution in [3.05, 3.63) is 65.7 Å². The predicted molar refractivity (Wildman–Crippen MR) is 158 cm³/mol. The highest BCUT2D eigenvalue weighted by atomic mass is 32.2. The first kappa shape index (κ1) is 33.9. The molecule has 0 unspecified atom stereocenters. The van der Waals surface area contributed by atoms with Gasteiger partial charge in [0, 0.05) is 13.1 Å². The van der Waals surface area contributed by atoms with E-state index in [9.17, 15) is 23.1 Å². The third-order valence-electron chi connectivity index (χ3n) is 6.77. The Morgan fingerprint density at radius 2 is 1.66 bits per heavy atom. The molecule has 0 bridgehead atoms. The Labute approximate surface area is 242 Å². The van der Waals surface area contributed by atoms with Crippen molar-refractivity contribution in [3.8, 4) is 0 Å². The van der Waals surface area contributed by atoms with Crippen LogP contribution >= 0.6 is 0 Å². The molecule has 0 saturated heterocycles. The number of nitrogens with zero attached hydrogens (tertiary/aromatic N) is 2. The Kier molecular flexibility index (Phi) is 13.4. The Balaban J connectivity index is 2.39. The van der Waals surface area contributed by atoms with Crippen LogP contribution in [0.1, 0.15) is 45.2 Å². The van der Waals surface area contributed by atoms with E-state index in [1.165, 1.54) is 34.8 Å². The van der Waals surface area contributed by atoms with Gasteiger partial charge in [0.1, 0.15) is 6.04 Å². The van der Waals surface area contributed by atoms with Crippen LogP contribution in [0, 0.1) is 11.8 Å². The fraction of sp³-hybridized carbons (Fsp3) is 0.483. The van der Waals surface area contributed by atoms with E-state index in [-0.39, 0.29) is 42.8 Å². The van der Waals surface area contributed by atoms with Crippen molar-refractivity contribution in [2.24, 2.45) is 22.7 Å². The largest absolute Gasteiger partial charge is 0.411 e. The minimum absolute atomic E-state index is 0.0189. The molecule has 4 atom stereocenters. The second-order valence-electron chi connectivity index (χ2n) is 10.5. The topological polar surface area (TPSA) is 174 Å². The van der Waals surface area contributed by atoms with E-state index in [1.807, 2.05) is 58.0 Å². The number of oxime groups is 1. The molecule has 0 radical (unpaired) electrons. The summed E-state index contributed by atoms with van der Waals surface area (Å²) in [5.74, 6) is -1.23. The third-order valence-corrected chi connectivity index (χ3v) is 8.62. The molecule has 0 saturated carbocycles. The number of hydrogen-bond acceptors (Lipinski definition) is 8. The lowest BCUT2D eigenvalue weighted by molar-refractivity contribution is -0.130. The number of benzene rings is 2. The van der Waals surface area contributed by atoms with Gasteiger partial charge in [-0.25, -0.2) is 8.42 Å². The molecule has 226 valence electrons. The van der Waals surface area contributed by atoms with Gasteiger partial charge in [-0.3, -0.25) is 9.59 Å². The number of aliphatic hydroxyl groups excluding tert-OH is 1. The normalized spacial score (nSPS) is 15.0. The number of rotatable bonds is 16. The Morgan fingerprint density at radius 1 is 1.02 bits per heavy atom. The molecule has 2 amide bonds. The van der Waals surface area contributed by atoms with E-state index in [0.717, 1.165) is 5.56 Å². The van der Waals surface area contributed by atoms with Gasteiger partial charge in [-0.15, -0.1) is 0 Å². The maximum atomic E-state index is 13.7. The number of amides is 2. The van der Waals surface area contributed by atoms with Crippen molar-refractivity contribution in [2.45, 2.75) is 63.6 Å². The number of hydrogen-bond donors (Lipinski definition) is 5. The molecular weight excluding hydrogens is 546 g/mol. The molecule has 0 fully saturated rings. The van der Waals surface area contributed by atoms with Crippen LogP contribution in [-0.2, 0) is 26.0 Å². The van der Waals surface area contributed by atoms with Gasteiger partial charge in [0.2, 0.25) is 21.8 Å². The Morgan fingerprint density at radius 3 is 2.20 bits per heavy atom. The summed E-state index contributed by atoms with van der Waals surface area (Å²) in [5, 5.41) is 28.7. The molecule has 2 aromatic carbocycles. The highest BCUT2D eigenvalue weighted by Crippen LogP contribution is 2.20. The predicted octanol–water partition coefficient (Wildman–Crippen LogP) is 1.72. The van der Waals surface area contributed by atoms with E-state index < -0.39 is 40.0 Å². The zero-order chi connectivity index (χ0) is 30.6. The van der Waals surface area contributed by atoms with Gasteiger partial charge in [-0.1, -0.05) is 81.7 Å². The second kappa shape index (κ2) is 16.2. The average molecular weight is 590 g/mol. The van der Waals surface area contributed by atoms with E-state index >= 15 is 0 Å². The Bertz CT molecular complexity index is 1240. The van der Waals surface area contributed by atoms with Crippen molar-refractivity contribution in [2.75, 3.05) is 19.6 Å². The number of sulfonamides is 1. The third kappa shape index (κ3) is 10.2. The van der Waals surface area contributed by atoms with E-state index in [0.29, 0.717) is 12.0 Å². The molecule has 0 aromatic heterocycles. The van der Waals surface area contributed by atoms with E-state index in [2.05, 4.69) is 15.8 Å². The zero-order valence-electron chi connectivity index (χ0n) is 24.1. The molecule has 41 heavy (non-hydrogen) atoms. The second-order valence-corrected chi connectivity index (χ2v) is 12.5. The summed E-state index contributed by atoms with van der Waals surface area (Å²) in [6.07, 6.45) is 0.747. The lowest BCUT2D eigenvalue weighted by atomic mass is 9.96. The molecule has 2 rings (SSSR count). The SMILES string of the molecule is CC[C@H](C)[C@H](NC(=O)CN)C(=O)N[C@@H](Cc1ccccc1)[C@H](O)CN(CC(C)C)S(=O)(=O)c1ccc(C=NO)cc1. The van der Waals surface area contributed by atoms with Gasteiger partial charge in [0.25, 0.3) is 0 Å². The first-order valence-electron chi connectivity index (χ1n) is 13.7. The summed E-state index contributed by atoms with van der Waals surface area (Å²) in [7, 11) is -4.03. The van der Waals surface area contributed by atoms with Crippen molar-refractivity contribution in [3.63, 3.8) is 0 Å². The molecule has 0 aliphatic carbocycles. The maximum Gasteiger partial charge on any atom is 0.243 e. The standard InChI is InChI=1S/C29H43N5O6S/c1-5-21(4)28(33-27(36)16-30)29(37)32-25(15-22-9-7-6-8-10-22)26(35)19-34(18-20(2)3)41(39,40)24-13-11-23(12-14-24)17-31-38/h6-14,17,20-21,25-26,28,35,38H,5,15-16,18-19,30H2,1-4H3,(H,32,37)(H,33,36)/t21-,25-,26+,28-/m0/s1. The zero-order valence-corrected chi connectivity index (χ0v) is 24.9. The van der Waals surface area contributed by atoms with Crippen LogP contribution in [0.15, 0.2) is 64.6 Å². The molecular formula is C29H43N5O6S. The van der Waals surface area contributed by atoms with E-state index in [1.54, 1.807) is 0 Å². The van der Waals surface area contributed by atoms with Crippen LogP contribution in [0.5, 0.6) is 0 Å². The highest BCUT2D eigenvalue weighted by Gasteiger charge is 2.33. The van der Waals surface area contributed by atoms with Gasteiger partial charge in [-0.05, 0) is 41.5 Å². The van der Waals surface area contributed by atoms with Crippen LogP contribution in [0.4, 0.5) is 0 Å². The molecule has 2 aromatic rings. The molecule has 0 aliphatic heterocycles. The van der Waals surface area contributed by atoms with Crippen LogP contribution in [0.25, 0.3) is 0 Å². The summed E-state index contributed by atoms with van der Waals surface area (Å²) in [4.78, 5) is 25.5. The fourth-order valence-corrected chi connectivity index (χ4v) is 5.94. The number of aliphatic hydroxyl groups is 1. The Hall–Kier alpha value is -3.32. The van der Waals surface area contributed by atoms with Crippen LogP contribution in [0.2, 0.25) is 0 Å². The summed E-state index contributed by atoms with van der Waals surface area (Å²) in [6, 6.07) is 13.3. The molecule has 0 spiro atoms. The van der Waals surface area contributed by atoms with Crippen molar-refractivity contribution < 1.29 is 28.3 Å². The molecule has 11 nitrogen and oxygen atoms in total. The molecule has 12 heteroatoms. The molecule has 0 heterocycles. The summed E-state index contributed by atoms with van der Waals surface area (Å²) in [5.41, 5.74) is 6.81. The van der Waals surface area contributed by atoms with E-state index in [4.69, 9.17) is 10.9 Å². The summed E-state index contributed by atoms with van der Waals surface area (Å²) in [6.45, 7) is 7.05. The number of nitrogens with one attached hydrogen (secondary N) is 2. The molecule has 6 N–H and O–H groups in total. The minimum Gasteiger partial charge on any atom is -0.411 e. The maximum absolute atomic E-state index is 13.7. The fourth-order valence-electron chi connectivity index (χ4n) is 4.31. The van der Waals surface area contributed by atoms with Gasteiger partial charge in [0.15, 0.2) is 0 Å². The van der Waals surface area contributed by atoms with Crippen LogP contribution in [-0.4, -0.2) is 78.9 Å². The lowest BCUT2D eigenvalue weighted by Crippen LogP contribution is -2.57. The molecule has 0 aliphatic rings. The van der Waals surface area contributed by atoms with Crippen molar-refractivity contribution in [1.29, 1.82) is 0 Å². The number of nitrogens with two attached hydrogens (primary N) is 1. The lowest BCUT2D eigenvalue weighted by Gasteiger charge is -2.32. The highest BCUT2D eigenvalue weighted by molar-refractivity contribution is 7.89. The quantitative estimate of drug-likeness (QED) is 0.113. The smallest absolute Gasteiger partial charge is 0.243 e. The first-order valence-corrected chi connectivity index (χ1v) is 15.2. The number of carbonyl (C=O) groups excluding carboxylic acids is 2. The first-order chi connectivity index (χ1) is 19.4. The summed E-state index contributed by atoms with van der Waals surface area (Å²) < 4.78 is 28.5. The van der Waals surface area contributed by atoms with Gasteiger partial charge in [-0.2, -0.15) is 4.31 Å².